The van der Waals surface area contributed by atoms with E-state index in [9.17, 15) is 13.6 Å². The first-order valence-electron chi connectivity index (χ1n) is 5.85. The van der Waals surface area contributed by atoms with Gasteiger partial charge < -0.3 is 10.5 Å². The normalized spacial score (nSPS) is 10.5. The molecule has 0 unspecified atom stereocenters. The zero-order chi connectivity index (χ0) is 15.7. The SMILES string of the molecule is COC(=O)c1cc(C)c(-c2ncc(F)cc2F)c(I)c1N. The lowest BCUT2D eigenvalue weighted by molar-refractivity contribution is 0.0602. The Bertz CT molecular complexity index is 735. The lowest BCUT2D eigenvalue weighted by atomic mass is 10.00. The standard InChI is InChI=1S/C14H11F2IN2O2/c1-6-3-8(14(20)21-2)12(18)11(17)10(6)13-9(16)4-7(15)5-19-13/h3-5H,18H2,1-2H3. The molecule has 1 aromatic heterocycles. The number of hydrogen-bond donors (Lipinski definition) is 1. The number of nitrogens with zero attached hydrogens (tertiary/aromatic N) is 1. The molecule has 0 fully saturated rings. The second-order valence-corrected chi connectivity index (χ2v) is 5.40. The largest absolute Gasteiger partial charge is 0.465 e. The molecule has 7 heteroatoms. The summed E-state index contributed by atoms with van der Waals surface area (Å²) in [6.45, 7) is 1.69. The molecule has 0 aliphatic carbocycles. The van der Waals surface area contributed by atoms with Crippen LogP contribution in [0.5, 0.6) is 0 Å². The van der Waals surface area contributed by atoms with E-state index in [1.54, 1.807) is 6.92 Å². The van der Waals surface area contributed by atoms with Crippen molar-refractivity contribution < 1.29 is 18.3 Å². The molecule has 1 aromatic carbocycles. The molecule has 0 saturated heterocycles. The smallest absolute Gasteiger partial charge is 0.340 e. The Kier molecular flexibility index (Phi) is 4.40. The van der Waals surface area contributed by atoms with Crippen molar-refractivity contribution in [3.8, 4) is 11.3 Å². The summed E-state index contributed by atoms with van der Waals surface area (Å²) in [5.74, 6) is -2.13. The number of hydrogen-bond acceptors (Lipinski definition) is 4. The second-order valence-electron chi connectivity index (χ2n) is 4.32. The summed E-state index contributed by atoms with van der Waals surface area (Å²) in [7, 11) is 1.25. The van der Waals surface area contributed by atoms with E-state index in [-0.39, 0.29) is 16.9 Å². The summed E-state index contributed by atoms with van der Waals surface area (Å²) in [6.07, 6.45) is 0.929. The number of carbonyl (C=O) groups is 1. The predicted octanol–water partition coefficient (Wildman–Crippen LogP) is 3.31. The molecule has 2 rings (SSSR count). The molecule has 0 aliphatic heterocycles. The van der Waals surface area contributed by atoms with Gasteiger partial charge in [0.25, 0.3) is 0 Å². The van der Waals surface area contributed by atoms with Crippen molar-refractivity contribution in [3.63, 3.8) is 0 Å². The van der Waals surface area contributed by atoms with Crippen molar-refractivity contribution in [2.45, 2.75) is 6.92 Å². The van der Waals surface area contributed by atoms with Crippen molar-refractivity contribution >= 4 is 34.2 Å². The Labute approximate surface area is 133 Å². The highest BCUT2D eigenvalue weighted by Crippen LogP contribution is 2.35. The summed E-state index contributed by atoms with van der Waals surface area (Å²) in [5, 5.41) is 0. The average Bonchev–Trinajstić information content (AvgIpc) is 2.44. The Morgan fingerprint density at radius 2 is 2.05 bits per heavy atom. The molecule has 0 radical (unpaired) electrons. The van der Waals surface area contributed by atoms with Gasteiger partial charge in [-0.1, -0.05) is 0 Å². The maximum Gasteiger partial charge on any atom is 0.340 e. The van der Waals surface area contributed by atoms with Crippen LogP contribution in [0.25, 0.3) is 11.3 Å². The highest BCUT2D eigenvalue weighted by molar-refractivity contribution is 14.1. The molecule has 21 heavy (non-hydrogen) atoms. The number of nitrogen functional groups attached to an aromatic ring is 1. The minimum absolute atomic E-state index is 0.0126. The number of rotatable bonds is 2. The highest BCUT2D eigenvalue weighted by atomic mass is 127. The monoisotopic (exact) mass is 404 g/mol. The van der Waals surface area contributed by atoms with E-state index >= 15 is 0 Å². The number of aryl methyl sites for hydroxylation is 1. The Hall–Kier alpha value is -1.77. The van der Waals surface area contributed by atoms with Gasteiger partial charge in [-0.3, -0.25) is 4.98 Å². The van der Waals surface area contributed by atoms with Crippen molar-refractivity contribution in [2.75, 3.05) is 12.8 Å². The maximum atomic E-state index is 13.9. The van der Waals surface area contributed by atoms with Crippen LogP contribution in [0.3, 0.4) is 0 Å². The van der Waals surface area contributed by atoms with E-state index < -0.39 is 17.6 Å². The fourth-order valence-corrected chi connectivity index (χ4v) is 2.93. The molecule has 4 nitrogen and oxygen atoms in total. The van der Waals surface area contributed by atoms with Crippen LogP contribution in [-0.4, -0.2) is 18.1 Å². The first kappa shape index (κ1) is 15.6. The van der Waals surface area contributed by atoms with Gasteiger partial charge in [-0.05, 0) is 41.1 Å². The van der Waals surface area contributed by atoms with E-state index in [2.05, 4.69) is 9.72 Å². The molecule has 0 spiro atoms. The summed E-state index contributed by atoms with van der Waals surface area (Å²) in [4.78, 5) is 15.4. The molecule has 0 saturated carbocycles. The molecule has 2 N–H and O–H groups in total. The van der Waals surface area contributed by atoms with Gasteiger partial charge in [0.1, 0.15) is 11.5 Å². The van der Waals surface area contributed by atoms with Crippen LogP contribution in [0.15, 0.2) is 18.3 Å². The number of anilines is 1. The van der Waals surface area contributed by atoms with Gasteiger partial charge in [-0.2, -0.15) is 0 Å². The van der Waals surface area contributed by atoms with Crippen molar-refractivity contribution in [1.82, 2.24) is 4.98 Å². The number of halogens is 3. The third-order valence-corrected chi connectivity index (χ3v) is 4.07. The predicted molar refractivity (Wildman–Crippen MR) is 82.8 cm³/mol. The van der Waals surface area contributed by atoms with Crippen molar-refractivity contribution in [1.29, 1.82) is 0 Å². The number of carbonyl (C=O) groups excluding carboxylic acids is 1. The van der Waals surface area contributed by atoms with Gasteiger partial charge in [0.05, 0.1) is 24.6 Å². The minimum Gasteiger partial charge on any atom is -0.465 e. The van der Waals surface area contributed by atoms with Crippen LogP contribution in [0, 0.1) is 22.1 Å². The molecule has 0 bridgehead atoms. The summed E-state index contributed by atoms with van der Waals surface area (Å²) in [5.41, 5.74) is 7.29. The number of nitrogens with two attached hydrogens (primary N) is 1. The third-order valence-electron chi connectivity index (χ3n) is 2.95. The van der Waals surface area contributed by atoms with E-state index in [4.69, 9.17) is 5.73 Å². The first-order chi connectivity index (χ1) is 9.86. The van der Waals surface area contributed by atoms with E-state index in [1.165, 1.54) is 13.2 Å². The molecular formula is C14H11F2IN2O2. The van der Waals surface area contributed by atoms with Gasteiger partial charge >= 0.3 is 5.97 Å². The molecule has 2 aromatic rings. The second kappa shape index (κ2) is 5.92. The number of pyridine rings is 1. The number of methoxy groups -OCH3 is 1. The van der Waals surface area contributed by atoms with Crippen molar-refractivity contribution in [2.24, 2.45) is 0 Å². The van der Waals surface area contributed by atoms with Gasteiger partial charge in [0, 0.05) is 15.2 Å². The molecule has 110 valence electrons. The zero-order valence-corrected chi connectivity index (χ0v) is 13.4. The lowest BCUT2D eigenvalue weighted by Crippen LogP contribution is -2.09. The Balaban J connectivity index is 2.71. The van der Waals surface area contributed by atoms with Crippen LogP contribution < -0.4 is 5.73 Å². The fourth-order valence-electron chi connectivity index (χ4n) is 1.96. The van der Waals surface area contributed by atoms with Gasteiger partial charge in [-0.15, -0.1) is 0 Å². The van der Waals surface area contributed by atoms with E-state index in [0.29, 0.717) is 14.7 Å². The summed E-state index contributed by atoms with van der Waals surface area (Å²) in [6, 6.07) is 2.26. The third kappa shape index (κ3) is 2.82. The quantitative estimate of drug-likeness (QED) is 0.474. The first-order valence-corrected chi connectivity index (χ1v) is 6.93. The lowest BCUT2D eigenvalue weighted by Gasteiger charge is -2.14. The van der Waals surface area contributed by atoms with Gasteiger partial charge in [-0.25, -0.2) is 13.6 Å². The topological polar surface area (TPSA) is 65.2 Å². The van der Waals surface area contributed by atoms with Gasteiger partial charge in [0.15, 0.2) is 5.82 Å². The maximum absolute atomic E-state index is 13.9. The Morgan fingerprint density at radius 3 is 2.62 bits per heavy atom. The summed E-state index contributed by atoms with van der Waals surface area (Å²) < 4.78 is 32.0. The molecular weight excluding hydrogens is 393 g/mol. The summed E-state index contributed by atoms with van der Waals surface area (Å²) >= 11 is 1.90. The number of esters is 1. The van der Waals surface area contributed by atoms with Gasteiger partial charge in [0.2, 0.25) is 0 Å². The molecule has 0 aliphatic rings. The van der Waals surface area contributed by atoms with Crippen LogP contribution in [-0.2, 0) is 4.74 Å². The van der Waals surface area contributed by atoms with E-state index in [0.717, 1.165) is 12.3 Å². The average molecular weight is 404 g/mol. The molecule has 1 heterocycles. The van der Waals surface area contributed by atoms with E-state index in [1.807, 2.05) is 22.6 Å². The number of ether oxygens (including phenoxy) is 1. The minimum atomic E-state index is -0.791. The molecule has 0 atom stereocenters. The fraction of sp³-hybridized carbons (Fsp3) is 0.143. The van der Waals surface area contributed by atoms with Crippen LogP contribution >= 0.6 is 22.6 Å². The van der Waals surface area contributed by atoms with Crippen molar-refractivity contribution in [3.05, 3.63) is 44.7 Å². The molecule has 0 amide bonds. The van der Waals surface area contributed by atoms with Crippen LogP contribution in [0.4, 0.5) is 14.5 Å². The highest BCUT2D eigenvalue weighted by Gasteiger charge is 2.21. The zero-order valence-electron chi connectivity index (χ0n) is 11.2. The Morgan fingerprint density at radius 1 is 1.38 bits per heavy atom. The number of benzene rings is 1. The van der Waals surface area contributed by atoms with Crippen LogP contribution in [0.2, 0.25) is 0 Å². The van der Waals surface area contributed by atoms with Crippen LogP contribution in [0.1, 0.15) is 15.9 Å². The number of aromatic nitrogens is 1.